The molecule has 3 N–H and O–H groups in total. The van der Waals surface area contributed by atoms with E-state index in [1.165, 1.54) is 12.6 Å². The highest BCUT2D eigenvalue weighted by Gasteiger charge is 2.19. The Balaban J connectivity index is 1.39. The summed E-state index contributed by atoms with van der Waals surface area (Å²) in [6, 6.07) is 14.4. The number of ether oxygens (including phenoxy) is 1. The molecule has 1 fully saturated rings. The van der Waals surface area contributed by atoms with Crippen molar-refractivity contribution in [3.8, 4) is 5.75 Å². The van der Waals surface area contributed by atoms with Gasteiger partial charge in [0.05, 0.1) is 6.21 Å². The number of rotatable bonds is 7. The van der Waals surface area contributed by atoms with Crippen molar-refractivity contribution in [3.63, 3.8) is 0 Å². The van der Waals surface area contributed by atoms with Crippen LogP contribution in [-0.4, -0.2) is 36.6 Å². The Morgan fingerprint density at radius 3 is 2.34 bits per heavy atom. The lowest BCUT2D eigenvalue weighted by Crippen LogP contribution is -2.44. The highest BCUT2D eigenvalue weighted by molar-refractivity contribution is 6.35. The van der Waals surface area contributed by atoms with Crippen molar-refractivity contribution in [1.29, 1.82) is 0 Å². The fraction of sp³-hybridized carbons (Fsp3) is 0.333. The molecule has 3 amide bonds. The fourth-order valence-electron chi connectivity index (χ4n) is 3.35. The average molecular weight is 437 g/mol. The van der Waals surface area contributed by atoms with Crippen LogP contribution >= 0.6 is 0 Å². The van der Waals surface area contributed by atoms with Crippen LogP contribution in [0.1, 0.15) is 43.2 Å². The van der Waals surface area contributed by atoms with Crippen LogP contribution in [0.3, 0.4) is 0 Å². The summed E-state index contributed by atoms with van der Waals surface area (Å²) in [6.45, 7) is 1.86. The minimum atomic E-state index is -0.786. The summed E-state index contributed by atoms with van der Waals surface area (Å²) in [7, 11) is 0. The number of benzene rings is 2. The molecule has 1 saturated carbocycles. The highest BCUT2D eigenvalue weighted by Crippen LogP contribution is 2.17. The average Bonchev–Trinajstić information content (AvgIpc) is 2.80. The summed E-state index contributed by atoms with van der Waals surface area (Å²) in [4.78, 5) is 35.8. The Morgan fingerprint density at radius 1 is 0.969 bits per heavy atom. The molecule has 0 spiro atoms. The van der Waals surface area contributed by atoms with Crippen LogP contribution in [0.2, 0.25) is 0 Å². The summed E-state index contributed by atoms with van der Waals surface area (Å²) in [5.41, 5.74) is 4.77. The lowest BCUT2D eigenvalue weighted by molar-refractivity contribution is -0.139. The number of aryl methyl sites for hydroxylation is 1. The number of carbonyl (C=O) groups is 3. The molecule has 2 aromatic carbocycles. The molecule has 0 unspecified atom stereocenters. The molecule has 3 rings (SSSR count). The smallest absolute Gasteiger partial charge is 0.329 e. The molecular weight excluding hydrogens is 408 g/mol. The summed E-state index contributed by atoms with van der Waals surface area (Å²) in [6.07, 6.45) is 6.56. The minimum Gasteiger partial charge on any atom is -0.484 e. The largest absolute Gasteiger partial charge is 0.484 e. The monoisotopic (exact) mass is 436 g/mol. The fourth-order valence-corrected chi connectivity index (χ4v) is 3.35. The number of hydrogen-bond acceptors (Lipinski definition) is 5. The van der Waals surface area contributed by atoms with Crippen LogP contribution in [0.15, 0.2) is 53.6 Å². The number of nitrogens with one attached hydrogen (secondary N) is 3. The Kier molecular flexibility index (Phi) is 8.36. The lowest BCUT2D eigenvalue weighted by atomic mass is 9.95. The molecule has 0 bridgehead atoms. The minimum absolute atomic E-state index is 0.0671. The molecule has 0 aliphatic heterocycles. The maximum Gasteiger partial charge on any atom is 0.329 e. The van der Waals surface area contributed by atoms with E-state index < -0.39 is 11.8 Å². The zero-order chi connectivity index (χ0) is 22.8. The van der Waals surface area contributed by atoms with Crippen molar-refractivity contribution >= 4 is 29.6 Å². The van der Waals surface area contributed by atoms with Gasteiger partial charge in [-0.2, -0.15) is 5.10 Å². The van der Waals surface area contributed by atoms with E-state index >= 15 is 0 Å². The SMILES string of the molecule is Cc1ccc(NC(=O)COc2ccc(/C=N\NC(=O)C(=O)NC3CCCCC3)cc2)cc1. The zero-order valence-electron chi connectivity index (χ0n) is 18.1. The van der Waals surface area contributed by atoms with Gasteiger partial charge < -0.3 is 15.4 Å². The second-order valence-electron chi connectivity index (χ2n) is 7.78. The molecule has 1 aliphatic carbocycles. The van der Waals surface area contributed by atoms with Crippen molar-refractivity contribution in [2.45, 2.75) is 45.1 Å². The lowest BCUT2D eigenvalue weighted by Gasteiger charge is -2.22. The molecule has 0 heterocycles. The molecular formula is C24H28N4O4. The van der Waals surface area contributed by atoms with Crippen LogP contribution in [0.25, 0.3) is 0 Å². The van der Waals surface area contributed by atoms with Crippen LogP contribution in [-0.2, 0) is 14.4 Å². The van der Waals surface area contributed by atoms with Crippen LogP contribution < -0.4 is 20.8 Å². The van der Waals surface area contributed by atoms with E-state index in [1.54, 1.807) is 24.3 Å². The van der Waals surface area contributed by atoms with E-state index in [1.807, 2.05) is 31.2 Å². The zero-order valence-corrected chi connectivity index (χ0v) is 18.1. The number of amides is 3. The van der Waals surface area contributed by atoms with Crippen LogP contribution in [0.5, 0.6) is 5.75 Å². The van der Waals surface area contributed by atoms with Gasteiger partial charge in [-0.1, -0.05) is 37.0 Å². The topological polar surface area (TPSA) is 109 Å². The van der Waals surface area contributed by atoms with Gasteiger partial charge in [0, 0.05) is 11.7 Å². The van der Waals surface area contributed by atoms with Gasteiger partial charge in [0.2, 0.25) is 0 Å². The van der Waals surface area contributed by atoms with E-state index in [-0.39, 0.29) is 18.6 Å². The first-order valence-electron chi connectivity index (χ1n) is 10.7. The Bertz CT molecular complexity index is 949. The molecule has 8 heteroatoms. The van der Waals surface area contributed by atoms with E-state index in [2.05, 4.69) is 21.2 Å². The van der Waals surface area contributed by atoms with Gasteiger partial charge in [-0.15, -0.1) is 0 Å². The molecule has 32 heavy (non-hydrogen) atoms. The van der Waals surface area contributed by atoms with Crippen LogP contribution in [0, 0.1) is 6.92 Å². The first-order chi connectivity index (χ1) is 15.5. The highest BCUT2D eigenvalue weighted by atomic mass is 16.5. The molecule has 0 saturated heterocycles. The molecule has 2 aromatic rings. The predicted molar refractivity (Wildman–Crippen MR) is 122 cm³/mol. The first-order valence-corrected chi connectivity index (χ1v) is 10.7. The van der Waals surface area contributed by atoms with Gasteiger partial charge in [-0.05, 0) is 61.7 Å². The molecule has 0 atom stereocenters. The Labute approximate surface area is 187 Å². The molecule has 0 radical (unpaired) electrons. The van der Waals surface area contributed by atoms with Gasteiger partial charge in [0.25, 0.3) is 5.91 Å². The van der Waals surface area contributed by atoms with E-state index in [0.717, 1.165) is 31.2 Å². The summed E-state index contributed by atoms with van der Waals surface area (Å²) in [5, 5.41) is 9.33. The molecule has 8 nitrogen and oxygen atoms in total. The molecule has 1 aliphatic rings. The number of hydrogen-bond donors (Lipinski definition) is 3. The number of hydrazone groups is 1. The Morgan fingerprint density at radius 2 is 1.66 bits per heavy atom. The Hall–Kier alpha value is -3.68. The normalized spacial score (nSPS) is 14.0. The number of nitrogens with zero attached hydrogens (tertiary/aromatic N) is 1. The second-order valence-corrected chi connectivity index (χ2v) is 7.78. The molecule has 0 aromatic heterocycles. The summed E-state index contributed by atoms with van der Waals surface area (Å²) >= 11 is 0. The van der Waals surface area contributed by atoms with Crippen molar-refractivity contribution in [1.82, 2.24) is 10.7 Å². The van der Waals surface area contributed by atoms with Gasteiger partial charge in [-0.25, -0.2) is 5.43 Å². The summed E-state index contributed by atoms with van der Waals surface area (Å²) in [5.74, 6) is -1.18. The first kappa shape index (κ1) is 23.0. The maximum atomic E-state index is 12.0. The van der Waals surface area contributed by atoms with Crippen molar-refractivity contribution in [2.75, 3.05) is 11.9 Å². The van der Waals surface area contributed by atoms with Gasteiger partial charge in [0.15, 0.2) is 6.61 Å². The third kappa shape index (κ3) is 7.54. The standard InChI is InChI=1S/C24H28N4O4/c1-17-7-11-20(12-8-17)26-22(29)16-32-21-13-9-18(10-14-21)15-25-28-24(31)23(30)27-19-5-3-2-4-6-19/h7-15,19H,2-6,16H2,1H3,(H,26,29)(H,27,30)(H,28,31)/b25-15-. The molecule has 168 valence electrons. The van der Waals surface area contributed by atoms with Crippen molar-refractivity contribution in [3.05, 3.63) is 59.7 Å². The maximum absolute atomic E-state index is 12.0. The number of carbonyl (C=O) groups excluding carboxylic acids is 3. The van der Waals surface area contributed by atoms with Gasteiger partial charge >= 0.3 is 11.8 Å². The van der Waals surface area contributed by atoms with E-state index in [0.29, 0.717) is 17.0 Å². The second kappa shape index (κ2) is 11.6. The number of anilines is 1. The quantitative estimate of drug-likeness (QED) is 0.352. The van der Waals surface area contributed by atoms with Gasteiger partial charge in [0.1, 0.15) is 5.75 Å². The van der Waals surface area contributed by atoms with Crippen molar-refractivity contribution < 1.29 is 19.1 Å². The third-order valence-corrected chi connectivity index (χ3v) is 5.11. The summed E-state index contributed by atoms with van der Waals surface area (Å²) < 4.78 is 5.49. The van der Waals surface area contributed by atoms with E-state index in [4.69, 9.17) is 4.74 Å². The third-order valence-electron chi connectivity index (χ3n) is 5.11. The van der Waals surface area contributed by atoms with Crippen molar-refractivity contribution in [2.24, 2.45) is 5.10 Å². The van der Waals surface area contributed by atoms with Gasteiger partial charge in [-0.3, -0.25) is 14.4 Å². The van der Waals surface area contributed by atoms with E-state index in [9.17, 15) is 14.4 Å². The van der Waals surface area contributed by atoms with Crippen LogP contribution in [0.4, 0.5) is 5.69 Å². The predicted octanol–water partition coefficient (Wildman–Crippen LogP) is 2.91.